The van der Waals surface area contributed by atoms with E-state index in [2.05, 4.69) is 24.8 Å². The maximum atomic E-state index is 11.1. The van der Waals surface area contributed by atoms with Crippen LogP contribution in [-0.2, 0) is 0 Å². The Morgan fingerprint density at radius 2 is 1.89 bits per heavy atom. The highest BCUT2D eigenvalue weighted by atomic mass is 16.6. The molecule has 2 N–H and O–H groups in total. The number of pyridine rings is 1. The number of nitro groups is 1. The van der Waals surface area contributed by atoms with Gasteiger partial charge in [-0.15, -0.1) is 0 Å². The largest absolute Gasteiger partial charge is 0.477 e. The summed E-state index contributed by atoms with van der Waals surface area (Å²) < 4.78 is 0. The van der Waals surface area contributed by atoms with Crippen LogP contribution in [0.15, 0.2) is 36.4 Å². The fraction of sp³-hybridized carbons (Fsp3) is 0.278. The molecule has 10 nitrogen and oxygen atoms in total. The Labute approximate surface area is 159 Å². The molecule has 0 spiro atoms. The van der Waals surface area contributed by atoms with Gasteiger partial charge in [0.1, 0.15) is 5.82 Å². The fourth-order valence-electron chi connectivity index (χ4n) is 3.32. The summed E-state index contributed by atoms with van der Waals surface area (Å²) >= 11 is 0. The molecule has 2 aromatic heterocycles. The summed E-state index contributed by atoms with van der Waals surface area (Å²) in [5.41, 5.74) is 1.35. The number of hydrogen-bond acceptors (Lipinski definition) is 7. The van der Waals surface area contributed by atoms with Crippen LogP contribution in [0.5, 0.6) is 0 Å². The summed E-state index contributed by atoms with van der Waals surface area (Å²) in [6.45, 7) is 2.84. The lowest BCUT2D eigenvalue weighted by atomic mass is 10.3. The molecule has 144 valence electrons. The average Bonchev–Trinajstić information content (AvgIpc) is 2.96. The van der Waals surface area contributed by atoms with Crippen LogP contribution in [0, 0.1) is 10.1 Å². The van der Waals surface area contributed by atoms with E-state index >= 15 is 0 Å². The number of nitrogens with one attached hydrogen (secondary N) is 1. The summed E-state index contributed by atoms with van der Waals surface area (Å²) in [5, 5.41) is 20.1. The minimum absolute atomic E-state index is 0.0223. The Bertz CT molecular complexity index is 1050. The molecule has 0 aliphatic carbocycles. The fourth-order valence-corrected chi connectivity index (χ4v) is 3.32. The van der Waals surface area contributed by atoms with Gasteiger partial charge in [-0.25, -0.2) is 14.8 Å². The lowest BCUT2D eigenvalue weighted by Gasteiger charge is -2.22. The normalized spacial score (nSPS) is 14.9. The standard InChI is InChI=1S/C18H18N6O4/c25-17(26)14-3-1-4-16(19-14)22-7-2-8-23(10-9-22)18-20-13-6-5-12(24(27)28)11-15(13)21-18/h1,3-6,11H,2,7-10H2,(H,20,21)(H,25,26). The monoisotopic (exact) mass is 382 g/mol. The van der Waals surface area contributed by atoms with Crippen molar-refractivity contribution in [3.8, 4) is 0 Å². The van der Waals surface area contributed by atoms with Crippen molar-refractivity contribution in [1.82, 2.24) is 15.0 Å². The topological polar surface area (TPSA) is 128 Å². The summed E-state index contributed by atoms with van der Waals surface area (Å²) in [5.74, 6) is 0.265. The lowest BCUT2D eigenvalue weighted by molar-refractivity contribution is -0.384. The van der Waals surface area contributed by atoms with Crippen LogP contribution in [0.3, 0.4) is 0 Å². The van der Waals surface area contributed by atoms with Crippen molar-refractivity contribution in [3.05, 3.63) is 52.2 Å². The number of hydrogen-bond donors (Lipinski definition) is 2. The van der Waals surface area contributed by atoms with Gasteiger partial charge in [-0.2, -0.15) is 0 Å². The highest BCUT2D eigenvalue weighted by Crippen LogP contribution is 2.23. The summed E-state index contributed by atoms with van der Waals surface area (Å²) in [6, 6.07) is 9.54. The number of aromatic nitrogens is 3. The van der Waals surface area contributed by atoms with Crippen molar-refractivity contribution in [2.24, 2.45) is 0 Å². The van der Waals surface area contributed by atoms with Gasteiger partial charge in [-0.3, -0.25) is 10.1 Å². The van der Waals surface area contributed by atoms with Crippen molar-refractivity contribution in [3.63, 3.8) is 0 Å². The predicted molar refractivity (Wildman–Crippen MR) is 103 cm³/mol. The van der Waals surface area contributed by atoms with E-state index in [0.717, 1.165) is 19.5 Å². The molecule has 0 bridgehead atoms. The van der Waals surface area contributed by atoms with Crippen LogP contribution in [0.2, 0.25) is 0 Å². The number of fused-ring (bicyclic) bond motifs is 1. The first-order valence-corrected chi connectivity index (χ1v) is 8.86. The molecule has 1 aliphatic heterocycles. The SMILES string of the molecule is O=C(O)c1cccc(N2CCCN(c3nc4ccc([N+](=O)[O-])cc4[nH]3)CC2)n1. The predicted octanol–water partition coefficient (Wildman–Crippen LogP) is 2.28. The van der Waals surface area contributed by atoms with Gasteiger partial charge in [0.2, 0.25) is 5.95 Å². The molecule has 1 aliphatic rings. The van der Waals surface area contributed by atoms with Crippen LogP contribution in [-0.4, -0.2) is 57.1 Å². The van der Waals surface area contributed by atoms with E-state index in [9.17, 15) is 14.9 Å². The van der Waals surface area contributed by atoms with Crippen molar-refractivity contribution >= 4 is 34.5 Å². The number of anilines is 2. The molecule has 3 aromatic rings. The van der Waals surface area contributed by atoms with Crippen molar-refractivity contribution in [1.29, 1.82) is 0 Å². The molecule has 0 saturated carbocycles. The number of carboxylic acid groups (broad SMARTS) is 1. The molecular weight excluding hydrogens is 364 g/mol. The highest BCUT2D eigenvalue weighted by Gasteiger charge is 2.20. The van der Waals surface area contributed by atoms with Gasteiger partial charge in [-0.1, -0.05) is 6.07 Å². The Balaban J connectivity index is 1.52. The molecule has 3 heterocycles. The summed E-state index contributed by atoms with van der Waals surface area (Å²) in [4.78, 5) is 37.7. The molecule has 0 unspecified atom stereocenters. The molecule has 4 rings (SSSR count). The van der Waals surface area contributed by atoms with Crippen LogP contribution in [0.25, 0.3) is 11.0 Å². The first-order chi connectivity index (χ1) is 13.5. The Morgan fingerprint density at radius 3 is 2.68 bits per heavy atom. The number of aromatic carboxylic acids is 1. The second kappa shape index (κ2) is 7.14. The number of imidazole rings is 1. The molecule has 0 atom stereocenters. The number of carbonyl (C=O) groups is 1. The zero-order valence-corrected chi connectivity index (χ0v) is 14.9. The van der Waals surface area contributed by atoms with E-state index in [-0.39, 0.29) is 11.4 Å². The summed E-state index contributed by atoms with van der Waals surface area (Å²) in [7, 11) is 0. The van der Waals surface area contributed by atoms with Gasteiger partial charge in [0, 0.05) is 38.3 Å². The zero-order chi connectivity index (χ0) is 19.7. The van der Waals surface area contributed by atoms with Crippen molar-refractivity contribution < 1.29 is 14.8 Å². The minimum atomic E-state index is -1.05. The number of nitro benzene ring substituents is 1. The Morgan fingerprint density at radius 1 is 1.11 bits per heavy atom. The number of rotatable bonds is 4. The van der Waals surface area contributed by atoms with Gasteiger partial charge >= 0.3 is 5.97 Å². The first-order valence-electron chi connectivity index (χ1n) is 8.86. The van der Waals surface area contributed by atoms with E-state index < -0.39 is 10.9 Å². The van der Waals surface area contributed by atoms with E-state index in [1.165, 1.54) is 18.2 Å². The van der Waals surface area contributed by atoms with Crippen LogP contribution in [0.4, 0.5) is 17.5 Å². The number of aromatic amines is 1. The maximum absolute atomic E-state index is 11.1. The zero-order valence-electron chi connectivity index (χ0n) is 14.9. The Kier molecular flexibility index (Phi) is 4.52. The van der Waals surface area contributed by atoms with Crippen LogP contribution in [0.1, 0.15) is 16.9 Å². The third kappa shape index (κ3) is 3.43. The van der Waals surface area contributed by atoms with Gasteiger partial charge in [-0.05, 0) is 24.6 Å². The number of non-ortho nitro benzene ring substituents is 1. The molecular formula is C18H18N6O4. The van der Waals surface area contributed by atoms with Crippen molar-refractivity contribution in [2.75, 3.05) is 36.0 Å². The van der Waals surface area contributed by atoms with E-state index in [1.54, 1.807) is 12.1 Å². The highest BCUT2D eigenvalue weighted by molar-refractivity contribution is 5.85. The number of carboxylic acids is 1. The van der Waals surface area contributed by atoms with Gasteiger partial charge in [0.15, 0.2) is 5.69 Å². The van der Waals surface area contributed by atoms with Gasteiger partial charge in [0.25, 0.3) is 5.69 Å². The molecule has 28 heavy (non-hydrogen) atoms. The third-order valence-corrected chi connectivity index (χ3v) is 4.74. The second-order valence-corrected chi connectivity index (χ2v) is 6.53. The second-order valence-electron chi connectivity index (χ2n) is 6.53. The number of H-pyrrole nitrogens is 1. The maximum Gasteiger partial charge on any atom is 0.354 e. The first kappa shape index (κ1) is 17.7. The van der Waals surface area contributed by atoms with Gasteiger partial charge < -0.3 is 19.9 Å². The lowest BCUT2D eigenvalue weighted by Crippen LogP contribution is -2.31. The molecule has 1 aromatic carbocycles. The minimum Gasteiger partial charge on any atom is -0.477 e. The molecule has 0 radical (unpaired) electrons. The van der Waals surface area contributed by atoms with Gasteiger partial charge in [0.05, 0.1) is 16.0 Å². The third-order valence-electron chi connectivity index (χ3n) is 4.74. The average molecular weight is 382 g/mol. The Hall–Kier alpha value is -3.69. The van der Waals surface area contributed by atoms with Crippen LogP contribution >= 0.6 is 0 Å². The number of benzene rings is 1. The quantitative estimate of drug-likeness (QED) is 0.519. The molecule has 1 fully saturated rings. The van der Waals surface area contributed by atoms with E-state index in [1.807, 2.05) is 6.07 Å². The molecule has 0 amide bonds. The smallest absolute Gasteiger partial charge is 0.354 e. The number of nitrogens with zero attached hydrogens (tertiary/aromatic N) is 5. The van der Waals surface area contributed by atoms with Crippen LogP contribution < -0.4 is 9.80 Å². The van der Waals surface area contributed by atoms with E-state index in [0.29, 0.717) is 35.9 Å². The molecule has 10 heteroatoms. The van der Waals surface area contributed by atoms with E-state index in [4.69, 9.17) is 5.11 Å². The van der Waals surface area contributed by atoms with Crippen molar-refractivity contribution in [2.45, 2.75) is 6.42 Å². The summed E-state index contributed by atoms with van der Waals surface area (Å²) in [6.07, 6.45) is 0.843. The molecule has 1 saturated heterocycles.